The Labute approximate surface area is 130 Å². The highest BCUT2D eigenvalue weighted by molar-refractivity contribution is 4.92. The summed E-state index contributed by atoms with van der Waals surface area (Å²) in [5, 5.41) is 3.75. The molecule has 0 bridgehead atoms. The topological polar surface area (TPSA) is 27.7 Å². The lowest BCUT2D eigenvalue weighted by atomic mass is 9.86. The highest BCUT2D eigenvalue weighted by atomic mass is 16.5. The zero-order valence-electron chi connectivity index (χ0n) is 13.9. The summed E-state index contributed by atoms with van der Waals surface area (Å²) >= 11 is 0. The molecule has 122 valence electrons. The minimum absolute atomic E-state index is 0.378. The highest BCUT2D eigenvalue weighted by Crippen LogP contribution is 2.31. The Balaban J connectivity index is 1.45. The molecule has 4 nitrogen and oxygen atoms in total. The first-order valence-corrected chi connectivity index (χ1v) is 8.91. The molecule has 1 unspecified atom stereocenters. The first-order valence-electron chi connectivity index (χ1n) is 8.91. The van der Waals surface area contributed by atoms with Gasteiger partial charge >= 0.3 is 0 Å². The maximum atomic E-state index is 5.75. The van der Waals surface area contributed by atoms with Crippen LogP contribution < -0.4 is 5.32 Å². The third kappa shape index (κ3) is 4.65. The SMILES string of the molecule is CC(C)CN1CCN(CC2(CNC3CC3)CCOC2)CC1. The molecule has 3 aliphatic rings. The zero-order chi connectivity index (χ0) is 14.7. The van der Waals surface area contributed by atoms with Crippen LogP contribution in [0, 0.1) is 11.3 Å². The van der Waals surface area contributed by atoms with Gasteiger partial charge in [-0.15, -0.1) is 0 Å². The fourth-order valence-corrected chi connectivity index (χ4v) is 3.74. The van der Waals surface area contributed by atoms with Crippen LogP contribution in [0.25, 0.3) is 0 Å². The van der Waals surface area contributed by atoms with Crippen molar-refractivity contribution < 1.29 is 4.74 Å². The second-order valence-electron chi connectivity index (χ2n) is 7.93. The zero-order valence-corrected chi connectivity index (χ0v) is 13.9. The van der Waals surface area contributed by atoms with E-state index in [1.807, 2.05) is 0 Å². The molecule has 0 aromatic carbocycles. The molecule has 0 radical (unpaired) electrons. The molecule has 1 aliphatic carbocycles. The molecule has 2 saturated heterocycles. The summed E-state index contributed by atoms with van der Waals surface area (Å²) in [6, 6.07) is 0.811. The highest BCUT2D eigenvalue weighted by Gasteiger charge is 2.38. The van der Waals surface area contributed by atoms with Gasteiger partial charge in [0.25, 0.3) is 0 Å². The molecule has 2 heterocycles. The van der Waals surface area contributed by atoms with Crippen molar-refractivity contribution >= 4 is 0 Å². The maximum absolute atomic E-state index is 5.75. The summed E-state index contributed by atoms with van der Waals surface area (Å²) in [7, 11) is 0. The van der Waals surface area contributed by atoms with Crippen LogP contribution in [0.2, 0.25) is 0 Å². The standard InChI is InChI=1S/C17H33N3O/c1-15(2)11-19-6-8-20(9-7-19)13-17(5-10-21-14-17)12-18-16-3-4-16/h15-16,18H,3-14H2,1-2H3. The first-order chi connectivity index (χ1) is 10.2. The Morgan fingerprint density at radius 1 is 1.14 bits per heavy atom. The lowest BCUT2D eigenvalue weighted by molar-refractivity contribution is 0.0673. The quantitative estimate of drug-likeness (QED) is 0.769. The van der Waals surface area contributed by atoms with Gasteiger partial charge in [-0.2, -0.15) is 0 Å². The van der Waals surface area contributed by atoms with Gasteiger partial charge in [-0.05, 0) is 25.2 Å². The van der Waals surface area contributed by atoms with E-state index in [2.05, 4.69) is 29.0 Å². The molecular formula is C17H33N3O. The lowest BCUT2D eigenvalue weighted by Gasteiger charge is -2.40. The van der Waals surface area contributed by atoms with Gasteiger partial charge in [-0.1, -0.05) is 13.8 Å². The molecule has 1 atom stereocenters. The second-order valence-corrected chi connectivity index (χ2v) is 7.93. The van der Waals surface area contributed by atoms with Crippen LogP contribution in [0.4, 0.5) is 0 Å². The molecule has 3 fully saturated rings. The van der Waals surface area contributed by atoms with E-state index in [1.54, 1.807) is 0 Å². The molecule has 0 aromatic heterocycles. The van der Waals surface area contributed by atoms with E-state index in [4.69, 9.17) is 4.74 Å². The third-order valence-electron chi connectivity index (χ3n) is 5.18. The molecule has 0 aromatic rings. The van der Waals surface area contributed by atoms with Gasteiger partial charge in [0, 0.05) is 63.9 Å². The Morgan fingerprint density at radius 3 is 2.43 bits per heavy atom. The van der Waals surface area contributed by atoms with Crippen LogP contribution in [0.15, 0.2) is 0 Å². The Morgan fingerprint density at radius 2 is 1.86 bits per heavy atom. The first kappa shape index (κ1) is 15.7. The maximum Gasteiger partial charge on any atom is 0.0547 e. The average molecular weight is 295 g/mol. The Kier molecular flexibility index (Phi) is 5.20. The van der Waals surface area contributed by atoms with Gasteiger partial charge < -0.3 is 19.9 Å². The summed E-state index contributed by atoms with van der Waals surface area (Å²) in [5.41, 5.74) is 0.378. The van der Waals surface area contributed by atoms with Crippen molar-refractivity contribution in [3.63, 3.8) is 0 Å². The van der Waals surface area contributed by atoms with Gasteiger partial charge in [-0.3, -0.25) is 0 Å². The van der Waals surface area contributed by atoms with Crippen LogP contribution >= 0.6 is 0 Å². The van der Waals surface area contributed by atoms with Crippen molar-refractivity contribution in [2.45, 2.75) is 39.2 Å². The van der Waals surface area contributed by atoms with E-state index in [1.165, 1.54) is 58.5 Å². The number of piperazine rings is 1. The predicted octanol–water partition coefficient (Wildman–Crippen LogP) is 1.42. The minimum Gasteiger partial charge on any atom is -0.381 e. The molecule has 0 spiro atoms. The molecular weight excluding hydrogens is 262 g/mol. The third-order valence-corrected chi connectivity index (χ3v) is 5.18. The van der Waals surface area contributed by atoms with E-state index in [9.17, 15) is 0 Å². The van der Waals surface area contributed by atoms with Crippen LogP contribution in [0.1, 0.15) is 33.1 Å². The second kappa shape index (κ2) is 6.95. The van der Waals surface area contributed by atoms with E-state index in [-0.39, 0.29) is 0 Å². The summed E-state index contributed by atoms with van der Waals surface area (Å²) < 4.78 is 5.75. The van der Waals surface area contributed by atoms with Gasteiger partial charge in [0.05, 0.1) is 6.61 Å². The number of nitrogens with one attached hydrogen (secondary N) is 1. The van der Waals surface area contributed by atoms with Crippen molar-refractivity contribution in [1.82, 2.24) is 15.1 Å². The number of hydrogen-bond donors (Lipinski definition) is 1. The van der Waals surface area contributed by atoms with Gasteiger partial charge in [-0.25, -0.2) is 0 Å². The van der Waals surface area contributed by atoms with E-state index < -0.39 is 0 Å². The van der Waals surface area contributed by atoms with Crippen molar-refractivity contribution in [2.75, 3.05) is 59.0 Å². The van der Waals surface area contributed by atoms with Gasteiger partial charge in [0.2, 0.25) is 0 Å². The molecule has 1 N–H and O–H groups in total. The van der Waals surface area contributed by atoms with Crippen molar-refractivity contribution in [3.8, 4) is 0 Å². The fourth-order valence-electron chi connectivity index (χ4n) is 3.74. The van der Waals surface area contributed by atoms with Crippen molar-refractivity contribution in [3.05, 3.63) is 0 Å². The lowest BCUT2D eigenvalue weighted by Crippen LogP contribution is -2.52. The monoisotopic (exact) mass is 295 g/mol. The molecule has 2 aliphatic heterocycles. The van der Waals surface area contributed by atoms with Crippen molar-refractivity contribution in [1.29, 1.82) is 0 Å². The van der Waals surface area contributed by atoms with E-state index in [0.717, 1.165) is 31.7 Å². The smallest absolute Gasteiger partial charge is 0.0547 e. The van der Waals surface area contributed by atoms with E-state index in [0.29, 0.717) is 5.41 Å². The molecule has 21 heavy (non-hydrogen) atoms. The number of rotatable bonds is 7. The Hall–Kier alpha value is -0.160. The minimum atomic E-state index is 0.378. The average Bonchev–Trinajstić information content (AvgIpc) is 3.18. The molecule has 1 saturated carbocycles. The Bertz CT molecular complexity index is 316. The summed E-state index contributed by atoms with van der Waals surface area (Å²) in [6.45, 7) is 15.1. The summed E-state index contributed by atoms with van der Waals surface area (Å²) in [5.74, 6) is 0.786. The van der Waals surface area contributed by atoms with E-state index >= 15 is 0 Å². The van der Waals surface area contributed by atoms with Crippen LogP contribution in [-0.2, 0) is 4.74 Å². The van der Waals surface area contributed by atoms with Crippen LogP contribution in [0.5, 0.6) is 0 Å². The number of ether oxygens (including phenoxy) is 1. The molecule has 0 amide bonds. The van der Waals surface area contributed by atoms with Gasteiger partial charge in [0.15, 0.2) is 0 Å². The normalized spacial score (nSPS) is 32.1. The predicted molar refractivity (Wildman–Crippen MR) is 86.6 cm³/mol. The molecule has 4 heteroatoms. The number of hydrogen-bond acceptors (Lipinski definition) is 4. The van der Waals surface area contributed by atoms with Crippen LogP contribution in [0.3, 0.4) is 0 Å². The summed E-state index contributed by atoms with van der Waals surface area (Å²) in [6.07, 6.45) is 3.99. The fraction of sp³-hybridized carbons (Fsp3) is 1.00. The molecule has 3 rings (SSSR count). The largest absolute Gasteiger partial charge is 0.381 e. The van der Waals surface area contributed by atoms with Crippen LogP contribution in [-0.4, -0.2) is 74.9 Å². The number of nitrogens with zero attached hydrogens (tertiary/aromatic N) is 2. The van der Waals surface area contributed by atoms with Gasteiger partial charge in [0.1, 0.15) is 0 Å². The van der Waals surface area contributed by atoms with Crippen molar-refractivity contribution in [2.24, 2.45) is 11.3 Å². The summed E-state index contributed by atoms with van der Waals surface area (Å²) in [4.78, 5) is 5.31.